The molecule has 0 radical (unpaired) electrons. The van der Waals surface area contributed by atoms with Crippen molar-refractivity contribution in [3.63, 3.8) is 0 Å². The molecule has 33 heavy (non-hydrogen) atoms. The molecule has 2 saturated carbocycles. The second-order valence-electron chi connectivity index (χ2n) is 12.2. The van der Waals surface area contributed by atoms with Crippen LogP contribution < -0.4 is 0 Å². The van der Waals surface area contributed by atoms with E-state index in [1.165, 1.54) is 0 Å². The van der Waals surface area contributed by atoms with Gasteiger partial charge in [-0.05, 0) is 48.7 Å². The second kappa shape index (κ2) is 6.19. The summed E-state index contributed by atoms with van der Waals surface area (Å²) in [6.45, 7) is 10.9. The summed E-state index contributed by atoms with van der Waals surface area (Å²) in [5.74, 6) is 0.247. The highest BCUT2D eigenvalue weighted by molar-refractivity contribution is 5.95. The molecule has 5 aliphatic rings. The molecule has 4 fully saturated rings. The lowest BCUT2D eigenvalue weighted by molar-refractivity contribution is -0.251. The van der Waals surface area contributed by atoms with E-state index < -0.39 is 34.1 Å². The van der Waals surface area contributed by atoms with Gasteiger partial charge in [0.05, 0.1) is 18.6 Å². The number of epoxide rings is 1. The number of ketones is 1. The number of ether oxygens (including phenoxy) is 3. The third kappa shape index (κ3) is 2.19. The Morgan fingerprint density at radius 3 is 2.48 bits per heavy atom. The van der Waals surface area contributed by atoms with Crippen molar-refractivity contribution in [1.29, 1.82) is 0 Å². The number of cyclic esters (lactones) is 1. The lowest BCUT2D eigenvalue weighted by atomic mass is 9.35. The third-order valence-corrected chi connectivity index (χ3v) is 10.8. The van der Waals surface area contributed by atoms with Gasteiger partial charge < -0.3 is 18.6 Å². The van der Waals surface area contributed by atoms with Crippen molar-refractivity contribution in [1.82, 2.24) is 0 Å². The summed E-state index contributed by atoms with van der Waals surface area (Å²) in [7, 11) is 1.76. The molecule has 0 aromatic carbocycles. The number of rotatable bonds is 2. The first-order valence-electron chi connectivity index (χ1n) is 12.2. The van der Waals surface area contributed by atoms with Crippen molar-refractivity contribution in [3.8, 4) is 0 Å². The maximum absolute atomic E-state index is 13.2. The highest BCUT2D eigenvalue weighted by Crippen LogP contribution is 2.79. The summed E-state index contributed by atoms with van der Waals surface area (Å²) in [6.07, 6.45) is 8.66. The molecule has 1 spiro atoms. The Labute approximate surface area is 195 Å². The molecule has 9 atom stereocenters. The topological polar surface area (TPSA) is 78.3 Å². The molecular formula is C27H34O6. The lowest BCUT2D eigenvalue weighted by Crippen LogP contribution is -2.72. The number of carbonyl (C=O) groups excluding carboxylic acids is 2. The van der Waals surface area contributed by atoms with Crippen molar-refractivity contribution in [2.45, 2.75) is 77.8 Å². The van der Waals surface area contributed by atoms with E-state index in [9.17, 15) is 9.59 Å². The van der Waals surface area contributed by atoms with Crippen LogP contribution >= 0.6 is 0 Å². The van der Waals surface area contributed by atoms with Gasteiger partial charge in [0, 0.05) is 28.9 Å². The highest BCUT2D eigenvalue weighted by atomic mass is 16.7. The van der Waals surface area contributed by atoms with Crippen molar-refractivity contribution >= 4 is 11.8 Å². The van der Waals surface area contributed by atoms with Crippen molar-refractivity contribution in [3.05, 3.63) is 36.3 Å². The smallest absolute Gasteiger partial charge is 0.339 e. The Bertz CT molecular complexity index is 1060. The van der Waals surface area contributed by atoms with Crippen LogP contribution in [0.5, 0.6) is 0 Å². The zero-order valence-corrected chi connectivity index (χ0v) is 20.3. The number of allylic oxidation sites excluding steroid dienone is 2. The predicted molar refractivity (Wildman–Crippen MR) is 119 cm³/mol. The summed E-state index contributed by atoms with van der Waals surface area (Å²) in [5.41, 5.74) is -1.31. The van der Waals surface area contributed by atoms with Crippen LogP contribution in [0.2, 0.25) is 0 Å². The Balaban J connectivity index is 1.54. The first-order chi connectivity index (χ1) is 15.5. The molecule has 0 N–H and O–H groups in total. The molecule has 178 valence electrons. The van der Waals surface area contributed by atoms with Crippen molar-refractivity contribution in [2.75, 3.05) is 7.11 Å². The summed E-state index contributed by atoms with van der Waals surface area (Å²) in [6, 6.07) is 1.89. The molecule has 2 unspecified atom stereocenters. The van der Waals surface area contributed by atoms with Crippen LogP contribution in [-0.2, 0) is 23.8 Å². The largest absolute Gasteiger partial charge is 0.472 e. The van der Waals surface area contributed by atoms with Crippen LogP contribution in [0.25, 0.3) is 0 Å². The fraction of sp³-hybridized carbons (Fsp3) is 0.704. The van der Waals surface area contributed by atoms with E-state index >= 15 is 0 Å². The maximum atomic E-state index is 13.2. The normalized spacial score (nSPS) is 51.6. The van der Waals surface area contributed by atoms with Gasteiger partial charge in [-0.25, -0.2) is 4.79 Å². The molecule has 3 aliphatic carbocycles. The number of hydrogen-bond donors (Lipinski definition) is 0. The minimum atomic E-state index is -0.686. The van der Waals surface area contributed by atoms with E-state index in [0.717, 1.165) is 24.8 Å². The predicted octanol–water partition coefficient (Wildman–Crippen LogP) is 4.64. The van der Waals surface area contributed by atoms with Gasteiger partial charge in [-0.2, -0.15) is 0 Å². The van der Waals surface area contributed by atoms with Crippen LogP contribution in [0.4, 0.5) is 0 Å². The van der Waals surface area contributed by atoms with Gasteiger partial charge in [0.25, 0.3) is 0 Å². The van der Waals surface area contributed by atoms with Gasteiger partial charge in [-0.1, -0.05) is 40.7 Å². The molecule has 1 aromatic rings. The number of methoxy groups -OCH3 is 1. The lowest BCUT2D eigenvalue weighted by Gasteiger charge is -2.68. The van der Waals surface area contributed by atoms with E-state index in [-0.39, 0.29) is 35.1 Å². The molecule has 3 heterocycles. The molecular weight excluding hydrogens is 420 g/mol. The van der Waals surface area contributed by atoms with Crippen LogP contribution in [0, 0.1) is 33.5 Å². The molecule has 0 amide bonds. The number of fused-ring (bicyclic) bond motifs is 3. The Kier molecular flexibility index (Phi) is 4.06. The summed E-state index contributed by atoms with van der Waals surface area (Å²) < 4.78 is 24.2. The fourth-order valence-corrected chi connectivity index (χ4v) is 9.17. The van der Waals surface area contributed by atoms with Crippen molar-refractivity contribution < 1.29 is 28.2 Å². The Morgan fingerprint density at radius 1 is 1.06 bits per heavy atom. The molecule has 2 aliphatic heterocycles. The zero-order chi connectivity index (χ0) is 23.6. The molecule has 0 bridgehead atoms. The maximum Gasteiger partial charge on any atom is 0.339 e. The van der Waals surface area contributed by atoms with E-state index in [2.05, 4.69) is 40.7 Å². The van der Waals surface area contributed by atoms with E-state index in [1.807, 2.05) is 6.07 Å². The quantitative estimate of drug-likeness (QED) is 0.478. The first kappa shape index (κ1) is 21.6. The highest BCUT2D eigenvalue weighted by Gasteiger charge is 2.88. The van der Waals surface area contributed by atoms with Gasteiger partial charge in [0.1, 0.15) is 11.7 Å². The average Bonchev–Trinajstić information content (AvgIpc) is 3.34. The van der Waals surface area contributed by atoms with Crippen molar-refractivity contribution in [2.24, 2.45) is 33.5 Å². The first-order valence-corrected chi connectivity index (χ1v) is 12.2. The average molecular weight is 455 g/mol. The van der Waals surface area contributed by atoms with E-state index in [1.54, 1.807) is 25.7 Å². The fourth-order valence-electron chi connectivity index (χ4n) is 9.17. The zero-order valence-electron chi connectivity index (χ0n) is 20.3. The summed E-state index contributed by atoms with van der Waals surface area (Å²) in [4.78, 5) is 26.1. The van der Waals surface area contributed by atoms with E-state index in [0.29, 0.717) is 0 Å². The van der Waals surface area contributed by atoms with Gasteiger partial charge in [0.2, 0.25) is 0 Å². The SMILES string of the molecule is CO[C@@H]1CC2C(C)(C)C(=O)C=C[C@]2(C)C2CC[C@@]3(C)[C@H](c4ccoc4)OC(=O)[C@H]4O[C@]43[C@@]21C. The minimum Gasteiger partial charge on any atom is -0.472 e. The Hall–Kier alpha value is -1.92. The second-order valence-corrected chi connectivity index (χ2v) is 12.2. The number of carbonyl (C=O) groups is 2. The molecule has 2 saturated heterocycles. The Morgan fingerprint density at radius 2 is 1.82 bits per heavy atom. The summed E-state index contributed by atoms with van der Waals surface area (Å²) in [5, 5.41) is 0. The van der Waals surface area contributed by atoms with Gasteiger partial charge in [-0.3, -0.25) is 4.79 Å². The molecule has 6 heteroatoms. The van der Waals surface area contributed by atoms with Crippen LogP contribution in [0.15, 0.2) is 35.2 Å². The summed E-state index contributed by atoms with van der Waals surface area (Å²) >= 11 is 0. The third-order valence-electron chi connectivity index (χ3n) is 10.8. The number of esters is 1. The van der Waals surface area contributed by atoms with Gasteiger partial charge in [0.15, 0.2) is 11.9 Å². The number of furan rings is 1. The standard InChI is InChI=1S/C27H34O6/c1-23(2)17-13-19(30-6)26(5)16(24(17,3)10-8-18(23)28)7-11-25(4)20(15-9-12-31-14-15)32-22(29)21-27(25,26)33-21/h8-10,12,14,16-17,19-21H,7,11,13H2,1-6H3/t16?,17?,19-,20+,21-,24-,25+,26+,27-/m1/s1. The molecule has 6 nitrogen and oxygen atoms in total. The van der Waals surface area contributed by atoms with Crippen LogP contribution in [0.3, 0.4) is 0 Å². The monoisotopic (exact) mass is 454 g/mol. The van der Waals surface area contributed by atoms with Gasteiger partial charge in [-0.15, -0.1) is 0 Å². The molecule has 1 aromatic heterocycles. The molecule has 6 rings (SSSR count). The van der Waals surface area contributed by atoms with Crippen LogP contribution in [0.1, 0.15) is 65.5 Å². The van der Waals surface area contributed by atoms with E-state index in [4.69, 9.17) is 18.6 Å². The minimum absolute atomic E-state index is 0.139. The number of hydrogen-bond acceptors (Lipinski definition) is 6. The van der Waals surface area contributed by atoms with Gasteiger partial charge >= 0.3 is 5.97 Å². The van der Waals surface area contributed by atoms with Crippen LogP contribution in [-0.4, -0.2) is 36.7 Å².